The van der Waals surface area contributed by atoms with E-state index in [0.29, 0.717) is 26.2 Å². The SMILES string of the molecule is CCc1nc(N2CCN(C(=O)c3ccccc3)CC2)c2oc3ccccc3c2n1. The number of rotatable bonds is 3. The predicted molar refractivity (Wildman–Crippen MR) is 113 cm³/mol. The van der Waals surface area contributed by atoms with E-state index in [-0.39, 0.29) is 5.91 Å². The molecule has 29 heavy (non-hydrogen) atoms. The summed E-state index contributed by atoms with van der Waals surface area (Å²) in [5.41, 5.74) is 3.15. The van der Waals surface area contributed by atoms with Crippen LogP contribution in [0.2, 0.25) is 0 Å². The van der Waals surface area contributed by atoms with Gasteiger partial charge in [0.2, 0.25) is 0 Å². The highest BCUT2D eigenvalue weighted by Crippen LogP contribution is 2.33. The van der Waals surface area contributed by atoms with Gasteiger partial charge in [-0.2, -0.15) is 0 Å². The van der Waals surface area contributed by atoms with Crippen LogP contribution >= 0.6 is 0 Å². The number of carbonyl (C=O) groups is 1. The lowest BCUT2D eigenvalue weighted by molar-refractivity contribution is 0.0746. The van der Waals surface area contributed by atoms with Crippen LogP contribution in [0.15, 0.2) is 59.0 Å². The maximum atomic E-state index is 12.7. The molecule has 2 aromatic carbocycles. The number of fused-ring (bicyclic) bond motifs is 3. The second-order valence-electron chi connectivity index (χ2n) is 7.24. The number of aromatic nitrogens is 2. The Morgan fingerprint density at radius 3 is 2.45 bits per heavy atom. The van der Waals surface area contributed by atoms with Gasteiger partial charge in [0.15, 0.2) is 11.4 Å². The average Bonchev–Trinajstić information content (AvgIpc) is 3.17. The zero-order valence-electron chi connectivity index (χ0n) is 16.3. The van der Waals surface area contributed by atoms with Gasteiger partial charge in [0, 0.05) is 43.5 Å². The first-order valence-electron chi connectivity index (χ1n) is 10.0. The molecule has 0 bridgehead atoms. The van der Waals surface area contributed by atoms with Crippen LogP contribution in [-0.2, 0) is 6.42 Å². The number of para-hydroxylation sites is 1. The lowest BCUT2D eigenvalue weighted by Crippen LogP contribution is -2.49. The molecule has 0 aliphatic carbocycles. The summed E-state index contributed by atoms with van der Waals surface area (Å²) in [4.78, 5) is 26.4. The van der Waals surface area contributed by atoms with E-state index in [0.717, 1.165) is 45.7 Å². The van der Waals surface area contributed by atoms with E-state index in [9.17, 15) is 4.79 Å². The van der Waals surface area contributed by atoms with Crippen molar-refractivity contribution in [2.24, 2.45) is 0 Å². The molecule has 0 radical (unpaired) electrons. The summed E-state index contributed by atoms with van der Waals surface area (Å²) in [6, 6.07) is 17.4. The normalized spacial score (nSPS) is 14.7. The number of furan rings is 1. The molecular formula is C23H22N4O2. The maximum absolute atomic E-state index is 12.7. The molecule has 1 saturated heterocycles. The summed E-state index contributed by atoms with van der Waals surface area (Å²) in [5, 5.41) is 1.01. The van der Waals surface area contributed by atoms with E-state index in [2.05, 4.69) is 11.8 Å². The fourth-order valence-corrected chi connectivity index (χ4v) is 3.88. The molecule has 0 atom stereocenters. The Kier molecular flexibility index (Phi) is 4.39. The van der Waals surface area contributed by atoms with Crippen molar-refractivity contribution in [3.05, 3.63) is 66.0 Å². The van der Waals surface area contributed by atoms with E-state index in [1.54, 1.807) is 0 Å². The van der Waals surface area contributed by atoms with Gasteiger partial charge in [-0.3, -0.25) is 4.79 Å². The third-order valence-electron chi connectivity index (χ3n) is 5.45. The number of anilines is 1. The van der Waals surface area contributed by atoms with Gasteiger partial charge in [-0.25, -0.2) is 9.97 Å². The van der Waals surface area contributed by atoms with Crippen LogP contribution in [0.25, 0.3) is 22.1 Å². The average molecular weight is 386 g/mol. The molecule has 2 aromatic heterocycles. The molecule has 0 saturated carbocycles. The van der Waals surface area contributed by atoms with Gasteiger partial charge >= 0.3 is 0 Å². The number of carbonyl (C=O) groups excluding carboxylic acids is 1. The van der Waals surface area contributed by atoms with Gasteiger partial charge in [-0.05, 0) is 24.3 Å². The Bertz CT molecular complexity index is 1180. The van der Waals surface area contributed by atoms with E-state index >= 15 is 0 Å². The van der Waals surface area contributed by atoms with Crippen LogP contribution in [0.5, 0.6) is 0 Å². The second-order valence-corrected chi connectivity index (χ2v) is 7.24. The highest BCUT2D eigenvalue weighted by molar-refractivity contribution is 6.05. The van der Waals surface area contributed by atoms with Crippen molar-refractivity contribution in [1.82, 2.24) is 14.9 Å². The van der Waals surface area contributed by atoms with Crippen LogP contribution in [0.4, 0.5) is 5.82 Å². The molecule has 6 nitrogen and oxygen atoms in total. The van der Waals surface area contributed by atoms with Crippen LogP contribution in [0, 0.1) is 0 Å². The minimum Gasteiger partial charge on any atom is -0.450 e. The molecular weight excluding hydrogens is 364 g/mol. The van der Waals surface area contributed by atoms with Crippen molar-refractivity contribution in [2.45, 2.75) is 13.3 Å². The van der Waals surface area contributed by atoms with Crippen LogP contribution < -0.4 is 4.90 Å². The van der Waals surface area contributed by atoms with Gasteiger partial charge in [0.25, 0.3) is 5.91 Å². The molecule has 0 spiro atoms. The number of hydrogen-bond acceptors (Lipinski definition) is 5. The minimum absolute atomic E-state index is 0.0797. The highest BCUT2D eigenvalue weighted by atomic mass is 16.3. The van der Waals surface area contributed by atoms with Crippen molar-refractivity contribution in [3.8, 4) is 0 Å². The summed E-state index contributed by atoms with van der Waals surface area (Å²) in [7, 11) is 0. The molecule has 1 aliphatic rings. The highest BCUT2D eigenvalue weighted by Gasteiger charge is 2.26. The van der Waals surface area contributed by atoms with Gasteiger partial charge in [0.1, 0.15) is 16.9 Å². The molecule has 1 aliphatic heterocycles. The number of benzene rings is 2. The molecule has 146 valence electrons. The zero-order chi connectivity index (χ0) is 19.8. The van der Waals surface area contributed by atoms with E-state index in [1.807, 2.05) is 59.5 Å². The second kappa shape index (κ2) is 7.20. The Morgan fingerprint density at radius 2 is 1.69 bits per heavy atom. The lowest BCUT2D eigenvalue weighted by atomic mass is 10.2. The minimum atomic E-state index is 0.0797. The Balaban J connectivity index is 1.45. The molecule has 1 fully saturated rings. The number of nitrogens with zero attached hydrogens (tertiary/aromatic N) is 4. The Hall–Kier alpha value is -3.41. The number of piperazine rings is 1. The largest absolute Gasteiger partial charge is 0.450 e. The van der Waals surface area contributed by atoms with E-state index in [4.69, 9.17) is 14.4 Å². The van der Waals surface area contributed by atoms with Gasteiger partial charge in [-0.1, -0.05) is 37.3 Å². The molecule has 0 unspecified atom stereocenters. The molecule has 3 heterocycles. The number of aryl methyl sites for hydroxylation is 1. The van der Waals surface area contributed by atoms with Crippen molar-refractivity contribution in [3.63, 3.8) is 0 Å². The smallest absolute Gasteiger partial charge is 0.253 e. The third-order valence-corrected chi connectivity index (χ3v) is 5.45. The molecule has 6 heteroatoms. The van der Waals surface area contributed by atoms with Crippen molar-refractivity contribution in [2.75, 3.05) is 31.1 Å². The van der Waals surface area contributed by atoms with Crippen molar-refractivity contribution in [1.29, 1.82) is 0 Å². The molecule has 5 rings (SSSR count). The summed E-state index contributed by atoms with van der Waals surface area (Å²) in [6.45, 7) is 4.79. The standard InChI is InChI=1S/C23H22N4O2/c1-2-19-24-20-17-10-6-7-11-18(17)29-21(20)22(25-19)26-12-14-27(15-13-26)23(28)16-8-4-3-5-9-16/h3-11H,2,12-15H2,1H3. The van der Waals surface area contributed by atoms with E-state index < -0.39 is 0 Å². The van der Waals surface area contributed by atoms with Gasteiger partial charge in [0.05, 0.1) is 0 Å². The first-order valence-corrected chi connectivity index (χ1v) is 10.0. The monoisotopic (exact) mass is 386 g/mol. The summed E-state index contributed by atoms with van der Waals surface area (Å²) in [5.74, 6) is 1.72. The summed E-state index contributed by atoms with van der Waals surface area (Å²) >= 11 is 0. The van der Waals surface area contributed by atoms with Crippen LogP contribution in [0.1, 0.15) is 23.1 Å². The van der Waals surface area contributed by atoms with Crippen molar-refractivity contribution >= 4 is 33.8 Å². The first kappa shape index (κ1) is 17.7. The number of hydrogen-bond donors (Lipinski definition) is 0. The first-order chi connectivity index (χ1) is 14.2. The maximum Gasteiger partial charge on any atom is 0.253 e. The van der Waals surface area contributed by atoms with Crippen molar-refractivity contribution < 1.29 is 9.21 Å². The summed E-state index contributed by atoms with van der Waals surface area (Å²) in [6.07, 6.45) is 0.759. The van der Waals surface area contributed by atoms with Gasteiger partial charge in [-0.15, -0.1) is 0 Å². The fraction of sp³-hybridized carbons (Fsp3) is 0.261. The Labute approximate surface area is 168 Å². The third kappa shape index (κ3) is 3.10. The zero-order valence-corrected chi connectivity index (χ0v) is 16.3. The van der Waals surface area contributed by atoms with E-state index in [1.165, 1.54) is 0 Å². The predicted octanol–water partition coefficient (Wildman–Crippen LogP) is 3.90. The van der Waals surface area contributed by atoms with Crippen LogP contribution in [0.3, 0.4) is 0 Å². The fourth-order valence-electron chi connectivity index (χ4n) is 3.88. The van der Waals surface area contributed by atoms with Gasteiger partial charge < -0.3 is 14.2 Å². The molecule has 0 N–H and O–H groups in total. The lowest BCUT2D eigenvalue weighted by Gasteiger charge is -2.35. The molecule has 1 amide bonds. The molecule has 4 aromatic rings. The Morgan fingerprint density at radius 1 is 0.966 bits per heavy atom. The quantitative estimate of drug-likeness (QED) is 0.534. The van der Waals surface area contributed by atoms with Crippen LogP contribution in [-0.4, -0.2) is 47.0 Å². The topological polar surface area (TPSA) is 62.5 Å². The number of amides is 1. The summed E-state index contributed by atoms with van der Waals surface area (Å²) < 4.78 is 6.13.